The second-order valence-electron chi connectivity index (χ2n) is 8.21. The lowest BCUT2D eigenvalue weighted by Gasteiger charge is -2.38. The maximum absolute atomic E-state index is 13.0. The van der Waals surface area contributed by atoms with Gasteiger partial charge in [-0.15, -0.1) is 0 Å². The quantitative estimate of drug-likeness (QED) is 0.735. The van der Waals surface area contributed by atoms with E-state index in [2.05, 4.69) is 9.62 Å². The zero-order chi connectivity index (χ0) is 21.7. The highest BCUT2D eigenvalue weighted by Gasteiger charge is 2.33. The fourth-order valence-corrected chi connectivity index (χ4v) is 5.03. The first kappa shape index (κ1) is 22.5. The molecule has 2 aromatic carbocycles. The molecular weight excluding hydrogens is 398 g/mol. The van der Waals surface area contributed by atoms with Crippen molar-refractivity contribution >= 4 is 15.9 Å². The summed E-state index contributed by atoms with van der Waals surface area (Å²) in [6.45, 7) is 3.79. The van der Waals surface area contributed by atoms with Crippen LogP contribution in [-0.2, 0) is 14.8 Å². The number of amides is 1. The third kappa shape index (κ3) is 5.47. The van der Waals surface area contributed by atoms with Crippen molar-refractivity contribution in [2.45, 2.75) is 30.7 Å². The molecule has 2 unspecified atom stereocenters. The molecule has 6 nitrogen and oxygen atoms in total. The van der Waals surface area contributed by atoms with Crippen molar-refractivity contribution in [1.29, 1.82) is 0 Å². The Balaban J connectivity index is 1.70. The molecule has 0 bridgehead atoms. The zero-order valence-corrected chi connectivity index (χ0v) is 18.7. The summed E-state index contributed by atoms with van der Waals surface area (Å²) in [5, 5.41) is 0. The molecule has 0 aromatic heterocycles. The van der Waals surface area contributed by atoms with Crippen molar-refractivity contribution in [1.82, 2.24) is 14.5 Å². The van der Waals surface area contributed by atoms with Crippen LogP contribution in [0.1, 0.15) is 30.0 Å². The Morgan fingerprint density at radius 3 is 2.43 bits per heavy atom. The average molecular weight is 430 g/mol. The topological polar surface area (TPSA) is 69.7 Å². The Bertz CT molecular complexity index is 943. The van der Waals surface area contributed by atoms with E-state index >= 15 is 0 Å². The van der Waals surface area contributed by atoms with Gasteiger partial charge in [0.15, 0.2) is 0 Å². The molecule has 0 aliphatic carbocycles. The summed E-state index contributed by atoms with van der Waals surface area (Å²) in [6, 6.07) is 16.3. The summed E-state index contributed by atoms with van der Waals surface area (Å²) in [4.78, 5) is 17.0. The van der Waals surface area contributed by atoms with E-state index in [4.69, 9.17) is 0 Å². The van der Waals surface area contributed by atoms with Gasteiger partial charge in [-0.3, -0.25) is 9.69 Å². The second kappa shape index (κ2) is 9.73. The number of nitrogens with one attached hydrogen (secondary N) is 1. The minimum absolute atomic E-state index is 0.0436. The van der Waals surface area contributed by atoms with Crippen LogP contribution in [-0.4, -0.2) is 57.9 Å². The molecule has 0 saturated carbocycles. The van der Waals surface area contributed by atoms with Gasteiger partial charge in [-0.1, -0.05) is 48.0 Å². The number of sulfonamides is 1. The summed E-state index contributed by atoms with van der Waals surface area (Å²) >= 11 is 0. The van der Waals surface area contributed by atoms with Gasteiger partial charge in [0.2, 0.25) is 15.9 Å². The van der Waals surface area contributed by atoms with Gasteiger partial charge in [0.25, 0.3) is 0 Å². The van der Waals surface area contributed by atoms with E-state index in [1.807, 2.05) is 37.3 Å². The molecule has 1 amide bonds. The summed E-state index contributed by atoms with van der Waals surface area (Å²) in [7, 11) is 0.00668. The number of likely N-dealkylation sites (N-methyl/N-ethyl adjacent to an activating group) is 1. The van der Waals surface area contributed by atoms with Gasteiger partial charge in [-0.05, 0) is 49.9 Å². The first-order valence-electron chi connectivity index (χ1n) is 10.3. The number of benzene rings is 2. The first-order chi connectivity index (χ1) is 14.3. The standard InChI is InChI=1S/C23H31N3O3S/c1-18-11-13-21(14-12-18)30(28,29)24-16-19-8-7-15-26(17-19)22(23(27)25(2)3)20-9-5-4-6-10-20/h4-6,9-14,19,22,24H,7-8,15-17H2,1-3H3. The number of piperidine rings is 1. The van der Waals surface area contributed by atoms with E-state index in [0.717, 1.165) is 30.5 Å². The molecule has 30 heavy (non-hydrogen) atoms. The highest BCUT2D eigenvalue weighted by Crippen LogP contribution is 2.28. The number of likely N-dealkylation sites (tertiary alicyclic amines) is 1. The number of carbonyl (C=O) groups excluding carboxylic acids is 1. The zero-order valence-electron chi connectivity index (χ0n) is 17.9. The fourth-order valence-electron chi connectivity index (χ4n) is 3.92. The molecule has 1 heterocycles. The van der Waals surface area contributed by atoms with Gasteiger partial charge in [-0.2, -0.15) is 0 Å². The predicted molar refractivity (Wildman–Crippen MR) is 119 cm³/mol. The summed E-state index contributed by atoms with van der Waals surface area (Å²) in [5.74, 6) is 0.197. The molecule has 7 heteroatoms. The van der Waals surface area contributed by atoms with Crippen molar-refractivity contribution in [3.05, 3.63) is 65.7 Å². The minimum Gasteiger partial charge on any atom is -0.347 e. The van der Waals surface area contributed by atoms with E-state index in [0.29, 0.717) is 13.1 Å². The lowest BCUT2D eigenvalue weighted by Crippen LogP contribution is -2.47. The molecule has 1 aliphatic rings. The number of nitrogens with zero attached hydrogens (tertiary/aromatic N) is 2. The van der Waals surface area contributed by atoms with Gasteiger partial charge >= 0.3 is 0 Å². The molecule has 0 radical (unpaired) electrons. The third-order valence-electron chi connectivity index (χ3n) is 5.60. The molecule has 1 N–H and O–H groups in total. The Hall–Kier alpha value is -2.22. The Morgan fingerprint density at radius 1 is 1.13 bits per heavy atom. The summed E-state index contributed by atoms with van der Waals surface area (Å²) in [6.07, 6.45) is 1.87. The van der Waals surface area contributed by atoms with Crippen LogP contribution in [0.25, 0.3) is 0 Å². The van der Waals surface area contributed by atoms with Crippen LogP contribution in [0.3, 0.4) is 0 Å². The highest BCUT2D eigenvalue weighted by atomic mass is 32.2. The molecule has 162 valence electrons. The number of rotatable bonds is 7. The van der Waals surface area contributed by atoms with Crippen molar-refractivity contribution < 1.29 is 13.2 Å². The van der Waals surface area contributed by atoms with E-state index in [-0.39, 0.29) is 22.8 Å². The van der Waals surface area contributed by atoms with Gasteiger partial charge in [0.05, 0.1) is 4.90 Å². The molecule has 0 spiro atoms. The average Bonchev–Trinajstić information content (AvgIpc) is 2.74. The molecule has 1 fully saturated rings. The number of hydrogen-bond donors (Lipinski definition) is 1. The third-order valence-corrected chi connectivity index (χ3v) is 7.04. The minimum atomic E-state index is -3.54. The normalized spacial score (nSPS) is 18.7. The van der Waals surface area contributed by atoms with Gasteiger partial charge in [0.1, 0.15) is 6.04 Å². The first-order valence-corrected chi connectivity index (χ1v) is 11.8. The predicted octanol–water partition coefficient (Wildman–Crippen LogP) is 2.81. The van der Waals surface area contributed by atoms with E-state index in [1.54, 1.807) is 43.3 Å². The van der Waals surface area contributed by atoms with Gasteiger partial charge in [0, 0.05) is 27.2 Å². The van der Waals surface area contributed by atoms with Gasteiger partial charge < -0.3 is 4.90 Å². The molecule has 2 aromatic rings. The maximum Gasteiger partial charge on any atom is 0.244 e. The van der Waals surface area contributed by atoms with E-state index < -0.39 is 10.0 Å². The van der Waals surface area contributed by atoms with Crippen LogP contribution < -0.4 is 4.72 Å². The summed E-state index contributed by atoms with van der Waals surface area (Å²) < 4.78 is 28.0. The summed E-state index contributed by atoms with van der Waals surface area (Å²) in [5.41, 5.74) is 1.99. The lowest BCUT2D eigenvalue weighted by molar-refractivity contribution is -0.135. The van der Waals surface area contributed by atoms with Crippen LogP contribution in [0, 0.1) is 12.8 Å². The highest BCUT2D eigenvalue weighted by molar-refractivity contribution is 7.89. The number of hydrogen-bond acceptors (Lipinski definition) is 4. The van der Waals surface area contributed by atoms with Crippen molar-refractivity contribution in [2.75, 3.05) is 33.7 Å². The molecular formula is C23H31N3O3S. The van der Waals surface area contributed by atoms with Crippen LogP contribution in [0.4, 0.5) is 0 Å². The monoisotopic (exact) mass is 429 g/mol. The molecule has 1 saturated heterocycles. The van der Waals surface area contributed by atoms with Crippen LogP contribution in [0.15, 0.2) is 59.5 Å². The van der Waals surface area contributed by atoms with Crippen molar-refractivity contribution in [3.63, 3.8) is 0 Å². The fraction of sp³-hybridized carbons (Fsp3) is 0.435. The van der Waals surface area contributed by atoms with Gasteiger partial charge in [-0.25, -0.2) is 13.1 Å². The van der Waals surface area contributed by atoms with Crippen molar-refractivity contribution in [2.24, 2.45) is 5.92 Å². The van der Waals surface area contributed by atoms with Crippen LogP contribution >= 0.6 is 0 Å². The van der Waals surface area contributed by atoms with Crippen LogP contribution in [0.5, 0.6) is 0 Å². The smallest absolute Gasteiger partial charge is 0.244 e. The largest absolute Gasteiger partial charge is 0.347 e. The molecule has 1 aliphatic heterocycles. The van der Waals surface area contributed by atoms with Crippen molar-refractivity contribution in [3.8, 4) is 0 Å². The number of aryl methyl sites for hydroxylation is 1. The Labute approximate surface area is 179 Å². The lowest BCUT2D eigenvalue weighted by atomic mass is 9.94. The van der Waals surface area contributed by atoms with E-state index in [9.17, 15) is 13.2 Å². The van der Waals surface area contributed by atoms with E-state index in [1.165, 1.54) is 0 Å². The van der Waals surface area contributed by atoms with Crippen LogP contribution in [0.2, 0.25) is 0 Å². The number of carbonyl (C=O) groups is 1. The second-order valence-corrected chi connectivity index (χ2v) is 9.98. The molecule has 3 rings (SSSR count). The molecule has 2 atom stereocenters. The Kier molecular flexibility index (Phi) is 7.28. The SMILES string of the molecule is Cc1ccc(S(=O)(=O)NCC2CCCN(C(C(=O)N(C)C)c3ccccc3)C2)cc1. The Morgan fingerprint density at radius 2 is 1.80 bits per heavy atom. The maximum atomic E-state index is 13.0.